The molecule has 2 fully saturated rings. The molecule has 10 aromatic rings. The molecule has 0 aliphatic heterocycles. The van der Waals surface area contributed by atoms with Crippen LogP contribution in [0.5, 0.6) is 0 Å². The highest BCUT2D eigenvalue weighted by atomic mass is 15.1. The minimum Gasteiger partial charge on any atom is -0.292 e. The van der Waals surface area contributed by atoms with Gasteiger partial charge in [0, 0.05) is 33.5 Å². The van der Waals surface area contributed by atoms with Crippen LogP contribution in [-0.2, 0) is 0 Å². The topological polar surface area (TPSA) is 43.6 Å². The highest BCUT2D eigenvalue weighted by Gasteiger charge is 2.26. The lowest BCUT2D eigenvalue weighted by Gasteiger charge is -2.26. The number of nitrogens with zero attached hydrogens (tertiary/aromatic N) is 4. The first kappa shape index (κ1) is 41.0. The Morgan fingerprint density at radius 1 is 0.328 bits per heavy atom. The van der Waals surface area contributed by atoms with Crippen molar-refractivity contribution < 1.29 is 0 Å². The van der Waals surface area contributed by atoms with Crippen LogP contribution in [0.2, 0.25) is 0 Å². The summed E-state index contributed by atoms with van der Waals surface area (Å²) in [7, 11) is 0. The molecule has 67 heavy (non-hydrogen) atoms. The molecule has 8 aromatic carbocycles. The van der Waals surface area contributed by atoms with Crippen molar-refractivity contribution in [2.24, 2.45) is 0 Å². The third-order valence-electron chi connectivity index (χ3n) is 14.7. The molecule has 0 radical (unpaired) electrons. The molecule has 2 heterocycles. The lowest BCUT2D eigenvalue weighted by molar-refractivity contribution is 0.444. The predicted octanol–water partition coefficient (Wildman–Crippen LogP) is 17.1. The summed E-state index contributed by atoms with van der Waals surface area (Å²) in [4.78, 5) is 16.8. The summed E-state index contributed by atoms with van der Waals surface area (Å²) < 4.78 is 2.26. The third kappa shape index (κ3) is 7.85. The number of rotatable bonds is 9. The Morgan fingerprint density at radius 2 is 0.761 bits per heavy atom. The fourth-order valence-electron chi connectivity index (χ4n) is 11.3. The van der Waals surface area contributed by atoms with Gasteiger partial charge >= 0.3 is 0 Å². The molecule has 0 saturated heterocycles. The fourth-order valence-corrected chi connectivity index (χ4v) is 11.3. The van der Waals surface area contributed by atoms with Crippen molar-refractivity contribution in [3.8, 4) is 73.0 Å². The van der Waals surface area contributed by atoms with Crippen LogP contribution in [0.15, 0.2) is 194 Å². The molecule has 2 saturated carbocycles. The Labute approximate surface area is 394 Å². The number of aromatic nitrogens is 4. The van der Waals surface area contributed by atoms with Crippen LogP contribution in [-0.4, -0.2) is 19.5 Å². The largest absolute Gasteiger partial charge is 0.292 e. The summed E-state index contributed by atoms with van der Waals surface area (Å²) in [5, 5.41) is 0. The first-order valence-electron chi connectivity index (χ1n) is 24.6. The Kier molecular flexibility index (Phi) is 11.1. The van der Waals surface area contributed by atoms with Crippen molar-refractivity contribution in [1.29, 1.82) is 0 Å². The number of benzene rings is 8. The monoisotopic (exact) mass is 866 g/mol. The lowest BCUT2D eigenvalue weighted by Crippen LogP contribution is -2.07. The van der Waals surface area contributed by atoms with Gasteiger partial charge in [0.2, 0.25) is 0 Å². The zero-order valence-corrected chi connectivity index (χ0v) is 38.0. The van der Waals surface area contributed by atoms with Crippen LogP contribution in [0.1, 0.15) is 87.2 Å². The number of fused-ring (bicyclic) bond motifs is 2. The maximum Gasteiger partial charge on any atom is 0.145 e. The van der Waals surface area contributed by atoms with E-state index in [0.717, 1.165) is 72.8 Å². The molecule has 0 bridgehead atoms. The second kappa shape index (κ2) is 18.1. The summed E-state index contributed by atoms with van der Waals surface area (Å²) in [6, 6.07) is 70.3. The van der Waals surface area contributed by atoms with Crippen LogP contribution in [0.25, 0.3) is 95.0 Å². The molecule has 12 rings (SSSR count). The Hall–Kier alpha value is -7.43. The second-order valence-electron chi connectivity index (χ2n) is 18.7. The number of hydrogen-bond acceptors (Lipinski definition) is 3. The van der Waals surface area contributed by atoms with Gasteiger partial charge < -0.3 is 0 Å². The van der Waals surface area contributed by atoms with Crippen LogP contribution in [0.3, 0.4) is 0 Å². The average molecular weight is 867 g/mol. The van der Waals surface area contributed by atoms with Crippen LogP contribution >= 0.6 is 0 Å². The van der Waals surface area contributed by atoms with Crippen LogP contribution < -0.4 is 0 Å². The van der Waals surface area contributed by atoms with Gasteiger partial charge in [-0.2, -0.15) is 0 Å². The first-order chi connectivity index (χ1) is 33.2. The van der Waals surface area contributed by atoms with Gasteiger partial charge in [0.05, 0.1) is 33.5 Å². The Bertz CT molecular complexity index is 3340. The van der Waals surface area contributed by atoms with E-state index < -0.39 is 0 Å². The Morgan fingerprint density at radius 3 is 1.31 bits per heavy atom. The summed E-state index contributed by atoms with van der Waals surface area (Å²) in [5.74, 6) is 2.04. The zero-order chi connectivity index (χ0) is 44.5. The van der Waals surface area contributed by atoms with Gasteiger partial charge in [-0.05, 0) is 95.2 Å². The molecule has 0 unspecified atom stereocenters. The average Bonchev–Trinajstić information content (AvgIpc) is 3.81. The molecule has 0 atom stereocenters. The van der Waals surface area contributed by atoms with Crippen molar-refractivity contribution in [3.63, 3.8) is 0 Å². The van der Waals surface area contributed by atoms with Gasteiger partial charge in [-0.1, -0.05) is 208 Å². The van der Waals surface area contributed by atoms with E-state index >= 15 is 0 Å². The number of hydrogen-bond donors (Lipinski definition) is 0. The third-order valence-corrected chi connectivity index (χ3v) is 14.7. The number of para-hydroxylation sites is 3. The normalized spacial score (nSPS) is 14.7. The van der Waals surface area contributed by atoms with Crippen molar-refractivity contribution >= 4 is 22.1 Å². The van der Waals surface area contributed by atoms with Crippen molar-refractivity contribution in [2.75, 3.05) is 0 Å². The SMILES string of the molecule is c1ccc(-c2nc3c(-c4ccccc4C4CCCCC4)ccc(-c4ccccc4C4CCCCC4)c3nc2-c2ccc(-c3ccc(-c4nc5ccccc5n4-c4ccccc4)cc3)cc2)cc1. The predicted molar refractivity (Wildman–Crippen MR) is 278 cm³/mol. The molecular formula is C63H54N4. The molecule has 4 heteroatoms. The summed E-state index contributed by atoms with van der Waals surface area (Å²) in [6.07, 6.45) is 12.8. The molecular weight excluding hydrogens is 813 g/mol. The van der Waals surface area contributed by atoms with Crippen molar-refractivity contribution in [3.05, 3.63) is 205 Å². The van der Waals surface area contributed by atoms with E-state index in [1.165, 1.54) is 97.6 Å². The molecule has 2 aromatic heterocycles. The molecule has 2 aliphatic rings. The minimum absolute atomic E-state index is 0.551. The Balaban J connectivity index is 0.992. The summed E-state index contributed by atoms with van der Waals surface area (Å²) in [5.41, 5.74) is 20.2. The molecule has 2 aliphatic carbocycles. The maximum absolute atomic E-state index is 5.84. The molecule has 0 spiro atoms. The van der Waals surface area contributed by atoms with E-state index in [-0.39, 0.29) is 0 Å². The molecule has 326 valence electrons. The quantitative estimate of drug-likeness (QED) is 0.145. The highest BCUT2D eigenvalue weighted by molar-refractivity contribution is 6.04. The highest BCUT2D eigenvalue weighted by Crippen LogP contribution is 2.45. The maximum atomic E-state index is 5.84. The van der Waals surface area contributed by atoms with Gasteiger partial charge in [0.25, 0.3) is 0 Å². The van der Waals surface area contributed by atoms with Crippen LogP contribution in [0.4, 0.5) is 0 Å². The zero-order valence-electron chi connectivity index (χ0n) is 38.0. The standard InChI is InChI=1S/C63H54N4/c1-5-19-45(20-6-1)51-27-13-15-29-53(51)55-41-42-56(54-30-16-14-28-52(54)46-21-7-2-8-22-46)62-61(55)65-59(47-23-9-3-10-24-47)60(66-62)48-37-33-43(34-38-48)44-35-39-49(40-36-44)63-64-57-31-17-18-32-58(57)67(63)50-25-11-4-12-26-50/h3-4,9-18,23-42,45-46H,1-2,5-8,19-22H2. The smallest absolute Gasteiger partial charge is 0.145 e. The van der Waals surface area contributed by atoms with Crippen LogP contribution in [0, 0.1) is 0 Å². The lowest BCUT2D eigenvalue weighted by atomic mass is 9.79. The van der Waals surface area contributed by atoms with Gasteiger partial charge in [0.15, 0.2) is 0 Å². The molecule has 0 amide bonds. The van der Waals surface area contributed by atoms with Gasteiger partial charge in [-0.3, -0.25) is 4.57 Å². The summed E-state index contributed by atoms with van der Waals surface area (Å²) >= 11 is 0. The van der Waals surface area contributed by atoms with E-state index in [1.54, 1.807) is 0 Å². The summed E-state index contributed by atoms with van der Waals surface area (Å²) in [6.45, 7) is 0. The van der Waals surface area contributed by atoms with E-state index in [2.05, 4.69) is 199 Å². The van der Waals surface area contributed by atoms with E-state index in [9.17, 15) is 0 Å². The first-order valence-corrected chi connectivity index (χ1v) is 24.6. The van der Waals surface area contributed by atoms with E-state index in [1.807, 2.05) is 0 Å². The molecule has 0 N–H and O–H groups in total. The minimum atomic E-state index is 0.551. The van der Waals surface area contributed by atoms with E-state index in [0.29, 0.717) is 11.8 Å². The van der Waals surface area contributed by atoms with Gasteiger partial charge in [-0.25, -0.2) is 15.0 Å². The van der Waals surface area contributed by atoms with E-state index in [4.69, 9.17) is 15.0 Å². The van der Waals surface area contributed by atoms with Crippen molar-refractivity contribution in [1.82, 2.24) is 19.5 Å². The van der Waals surface area contributed by atoms with Gasteiger partial charge in [0.1, 0.15) is 5.82 Å². The molecule has 4 nitrogen and oxygen atoms in total. The van der Waals surface area contributed by atoms with Crippen molar-refractivity contribution in [2.45, 2.75) is 76.0 Å². The second-order valence-corrected chi connectivity index (χ2v) is 18.7. The number of imidazole rings is 1. The van der Waals surface area contributed by atoms with Gasteiger partial charge in [-0.15, -0.1) is 0 Å². The fraction of sp³-hybridized carbons (Fsp3) is 0.190.